The fourth-order valence-electron chi connectivity index (χ4n) is 7.98. The van der Waals surface area contributed by atoms with Gasteiger partial charge < -0.3 is 5.32 Å². The summed E-state index contributed by atoms with van der Waals surface area (Å²) in [4.78, 5) is 10.6. The maximum absolute atomic E-state index is 5.41. The molecule has 3 nitrogen and oxygen atoms in total. The molecule has 0 bridgehead atoms. The van der Waals surface area contributed by atoms with Crippen LogP contribution in [0.15, 0.2) is 168 Å². The number of hydrogen-bond donors (Lipinski definition) is 1. The van der Waals surface area contributed by atoms with Crippen LogP contribution in [-0.4, -0.2) is 10.7 Å². The molecule has 1 aliphatic carbocycles. The molecule has 52 heavy (non-hydrogen) atoms. The minimum atomic E-state index is -0.157. The Labute approximate surface area is 307 Å². The van der Waals surface area contributed by atoms with E-state index in [1.54, 1.807) is 0 Å². The molecular weight excluding hydrogens is 651 g/mol. The first kappa shape index (κ1) is 30.9. The van der Waals surface area contributed by atoms with Crippen molar-refractivity contribution in [3.8, 4) is 22.4 Å². The van der Waals surface area contributed by atoms with Crippen molar-refractivity contribution in [3.63, 3.8) is 0 Å². The van der Waals surface area contributed by atoms with E-state index in [1.807, 2.05) is 11.3 Å². The average Bonchev–Trinajstić information content (AvgIpc) is 3.61. The van der Waals surface area contributed by atoms with E-state index in [0.29, 0.717) is 0 Å². The number of allylic oxidation sites excluding steroid dienone is 3. The van der Waals surface area contributed by atoms with Crippen LogP contribution in [0.4, 0.5) is 0 Å². The van der Waals surface area contributed by atoms with Crippen LogP contribution in [0.3, 0.4) is 0 Å². The number of benzene rings is 6. The largest absolute Gasteiger partial charge is 0.360 e. The van der Waals surface area contributed by atoms with Crippen LogP contribution in [0.1, 0.15) is 43.5 Å². The topological polar surface area (TPSA) is 37.3 Å². The highest BCUT2D eigenvalue weighted by Crippen LogP contribution is 2.45. The van der Waals surface area contributed by atoms with Crippen molar-refractivity contribution in [1.82, 2.24) is 10.3 Å². The van der Waals surface area contributed by atoms with Gasteiger partial charge in [0.2, 0.25) is 0 Å². The Morgan fingerprint density at radius 1 is 0.692 bits per heavy atom. The highest BCUT2D eigenvalue weighted by Gasteiger charge is 2.23. The van der Waals surface area contributed by atoms with Gasteiger partial charge in [0.15, 0.2) is 0 Å². The van der Waals surface area contributed by atoms with Crippen molar-refractivity contribution in [1.29, 1.82) is 0 Å². The van der Waals surface area contributed by atoms with Crippen molar-refractivity contribution in [3.05, 3.63) is 174 Å². The predicted octanol–water partition coefficient (Wildman–Crippen LogP) is 12.8. The van der Waals surface area contributed by atoms with Gasteiger partial charge in [0.05, 0.1) is 16.9 Å². The fraction of sp³-hybridized carbons (Fsp3) is 0.125. The van der Waals surface area contributed by atoms with Gasteiger partial charge in [-0.3, -0.25) is 4.99 Å². The zero-order valence-electron chi connectivity index (χ0n) is 29.0. The third kappa shape index (κ3) is 5.42. The standard InChI is InChI=1S/C48H37N3S/c1-30-18-20-34(21-19-30)43-29-42(33-11-3-2-4-12-33)50-48(51-43)35-24-22-31(23-25-35)36-26-27-41-40(28-36)47-45(39-15-7-8-17-44(39)52-47)46(49-41)38-16-9-13-32-10-5-6-14-37(32)38/h2-17,20,22-30,48,51H,18-19,21H2,1H3. The normalized spacial score (nSPS) is 17.6. The minimum absolute atomic E-state index is 0.157. The maximum atomic E-state index is 5.41. The number of hydrogen-bond acceptors (Lipinski definition) is 4. The second-order valence-corrected chi connectivity index (χ2v) is 15.3. The number of aliphatic imine (C=N–C) groups is 1. The summed E-state index contributed by atoms with van der Waals surface area (Å²) in [6.07, 6.45) is 7.96. The molecule has 10 rings (SSSR count). The highest BCUT2D eigenvalue weighted by molar-refractivity contribution is 7.26. The van der Waals surface area contributed by atoms with Crippen LogP contribution in [0, 0.1) is 5.92 Å². The molecular formula is C48H37N3S. The molecule has 0 spiro atoms. The number of pyridine rings is 1. The number of nitrogens with zero attached hydrogens (tertiary/aromatic N) is 2. The Kier molecular flexibility index (Phi) is 7.58. The van der Waals surface area contributed by atoms with Crippen LogP contribution in [-0.2, 0) is 0 Å². The first-order valence-electron chi connectivity index (χ1n) is 18.3. The van der Waals surface area contributed by atoms with E-state index < -0.39 is 0 Å². The SMILES string of the molecule is CC1CC=C(C2=CC(c3ccccc3)=NC(c3ccc(-c4ccc5nc(-c6cccc7ccccc67)c6c7ccccc7sc6c5c4)cc3)N2)CC1. The summed E-state index contributed by atoms with van der Waals surface area (Å²) < 4.78 is 2.57. The highest BCUT2D eigenvalue weighted by atomic mass is 32.1. The number of thiophene rings is 1. The van der Waals surface area contributed by atoms with E-state index in [9.17, 15) is 0 Å². The molecule has 6 aromatic carbocycles. The van der Waals surface area contributed by atoms with E-state index in [-0.39, 0.29) is 6.17 Å². The van der Waals surface area contributed by atoms with E-state index >= 15 is 0 Å². The smallest absolute Gasteiger partial charge is 0.145 e. The number of nitrogens with one attached hydrogen (secondary N) is 1. The van der Waals surface area contributed by atoms with Crippen LogP contribution >= 0.6 is 11.3 Å². The molecule has 250 valence electrons. The number of aromatic nitrogens is 1. The summed E-state index contributed by atoms with van der Waals surface area (Å²) >= 11 is 1.87. The lowest BCUT2D eigenvalue weighted by Crippen LogP contribution is -2.27. The molecule has 1 N–H and O–H groups in total. The van der Waals surface area contributed by atoms with Crippen LogP contribution < -0.4 is 5.32 Å². The molecule has 8 aromatic rings. The van der Waals surface area contributed by atoms with E-state index in [0.717, 1.165) is 46.8 Å². The third-order valence-corrected chi connectivity index (χ3v) is 12.0. The van der Waals surface area contributed by atoms with Crippen LogP contribution in [0.25, 0.3) is 64.2 Å². The molecule has 4 heteroatoms. The zero-order chi connectivity index (χ0) is 34.6. The number of rotatable bonds is 5. The van der Waals surface area contributed by atoms with E-state index in [2.05, 4.69) is 164 Å². The molecule has 0 saturated heterocycles. The van der Waals surface area contributed by atoms with E-state index in [1.165, 1.54) is 70.7 Å². The first-order valence-corrected chi connectivity index (χ1v) is 19.1. The van der Waals surface area contributed by atoms with Gasteiger partial charge in [0, 0.05) is 36.8 Å². The molecule has 2 aromatic heterocycles. The van der Waals surface area contributed by atoms with Gasteiger partial charge in [0.1, 0.15) is 6.17 Å². The maximum Gasteiger partial charge on any atom is 0.145 e. The van der Waals surface area contributed by atoms with Gasteiger partial charge in [-0.2, -0.15) is 0 Å². The molecule has 3 heterocycles. The Morgan fingerprint density at radius 3 is 2.31 bits per heavy atom. The van der Waals surface area contributed by atoms with Crippen LogP contribution in [0.2, 0.25) is 0 Å². The zero-order valence-corrected chi connectivity index (χ0v) is 29.8. The molecule has 0 radical (unpaired) electrons. The molecule has 2 unspecified atom stereocenters. The molecule has 2 aliphatic rings. The minimum Gasteiger partial charge on any atom is -0.360 e. The van der Waals surface area contributed by atoms with Gasteiger partial charge >= 0.3 is 0 Å². The summed E-state index contributed by atoms with van der Waals surface area (Å²) in [6, 6.07) is 50.2. The summed E-state index contributed by atoms with van der Waals surface area (Å²) in [6.45, 7) is 2.35. The molecule has 2 atom stereocenters. The summed E-state index contributed by atoms with van der Waals surface area (Å²) in [5.41, 5.74) is 11.5. The Hall–Kier alpha value is -5.84. The Bertz CT molecular complexity index is 2750. The Balaban J connectivity index is 1.05. The van der Waals surface area contributed by atoms with Crippen molar-refractivity contribution >= 4 is 58.9 Å². The molecule has 0 amide bonds. The van der Waals surface area contributed by atoms with Crippen molar-refractivity contribution in [2.24, 2.45) is 10.9 Å². The van der Waals surface area contributed by atoms with Gasteiger partial charge in [-0.05, 0) is 88.1 Å². The summed E-state index contributed by atoms with van der Waals surface area (Å²) in [7, 11) is 0. The third-order valence-electron chi connectivity index (χ3n) is 10.8. The Morgan fingerprint density at radius 2 is 1.46 bits per heavy atom. The van der Waals surface area contributed by atoms with Gasteiger partial charge in [-0.1, -0.05) is 134 Å². The molecule has 0 fully saturated rings. The second-order valence-electron chi connectivity index (χ2n) is 14.2. The van der Waals surface area contributed by atoms with E-state index in [4.69, 9.17) is 9.98 Å². The first-order chi connectivity index (χ1) is 25.7. The lowest BCUT2D eigenvalue weighted by atomic mass is 9.88. The predicted molar refractivity (Wildman–Crippen MR) is 221 cm³/mol. The monoisotopic (exact) mass is 687 g/mol. The van der Waals surface area contributed by atoms with Gasteiger partial charge in [-0.15, -0.1) is 11.3 Å². The summed E-state index contributed by atoms with van der Waals surface area (Å²) in [5.74, 6) is 0.741. The lowest BCUT2D eigenvalue weighted by molar-refractivity contribution is 0.508. The van der Waals surface area contributed by atoms with Crippen molar-refractivity contribution in [2.45, 2.75) is 32.4 Å². The van der Waals surface area contributed by atoms with Gasteiger partial charge in [-0.25, -0.2) is 4.98 Å². The summed E-state index contributed by atoms with van der Waals surface area (Å²) in [5, 5.41) is 9.94. The quantitative estimate of drug-likeness (QED) is 0.196. The number of fused-ring (bicyclic) bond motifs is 6. The van der Waals surface area contributed by atoms with Crippen LogP contribution in [0.5, 0.6) is 0 Å². The van der Waals surface area contributed by atoms with Crippen molar-refractivity contribution < 1.29 is 0 Å². The average molecular weight is 688 g/mol. The fourth-order valence-corrected chi connectivity index (χ4v) is 9.21. The lowest BCUT2D eigenvalue weighted by Gasteiger charge is -2.28. The van der Waals surface area contributed by atoms with Gasteiger partial charge in [0.25, 0.3) is 0 Å². The second kappa shape index (κ2) is 12.7. The van der Waals surface area contributed by atoms with Crippen molar-refractivity contribution in [2.75, 3.05) is 0 Å². The molecule has 0 saturated carbocycles. The molecule has 1 aliphatic heterocycles.